The lowest BCUT2D eigenvalue weighted by atomic mass is 9.83. The van der Waals surface area contributed by atoms with Crippen LogP contribution >= 0.6 is 0 Å². The summed E-state index contributed by atoms with van der Waals surface area (Å²) in [6.45, 7) is 2.61. The van der Waals surface area contributed by atoms with Crippen LogP contribution in [-0.4, -0.2) is 57.4 Å². The molecule has 0 aliphatic carbocycles. The van der Waals surface area contributed by atoms with Crippen molar-refractivity contribution in [2.45, 2.75) is 25.4 Å². The molecule has 2 aromatic rings. The van der Waals surface area contributed by atoms with E-state index in [4.69, 9.17) is 0 Å². The molecule has 2 aliphatic rings. The van der Waals surface area contributed by atoms with Crippen molar-refractivity contribution in [2.24, 2.45) is 5.92 Å². The Bertz CT molecular complexity index is 877. The number of aromatic nitrogens is 3. The summed E-state index contributed by atoms with van der Waals surface area (Å²) in [5, 5.41) is 0. The Morgan fingerprint density at radius 2 is 2.08 bits per heavy atom. The second kappa shape index (κ2) is 6.64. The minimum atomic E-state index is -0.0761. The normalized spacial score (nSPS) is 21.6. The van der Waals surface area contributed by atoms with Crippen molar-refractivity contribution in [2.75, 3.05) is 27.2 Å². The predicted molar refractivity (Wildman–Crippen MR) is 96.9 cm³/mol. The van der Waals surface area contributed by atoms with Gasteiger partial charge in [0.15, 0.2) is 0 Å². The highest BCUT2D eigenvalue weighted by Crippen LogP contribution is 2.35. The molecule has 1 amide bonds. The number of hydrogen-bond acceptors (Lipinski definition) is 5. The number of fused-ring (bicyclic) bond motifs is 4. The minimum Gasteiger partial charge on any atom is -0.336 e. The molecule has 0 saturated carbocycles. The Morgan fingerprint density at radius 1 is 1.23 bits per heavy atom. The van der Waals surface area contributed by atoms with Crippen molar-refractivity contribution in [3.63, 3.8) is 0 Å². The summed E-state index contributed by atoms with van der Waals surface area (Å²) in [7, 11) is 3.93. The monoisotopic (exact) mass is 353 g/mol. The second-order valence-electron chi connectivity index (χ2n) is 7.54. The number of pyridine rings is 1. The van der Waals surface area contributed by atoms with Crippen LogP contribution in [0, 0.1) is 5.92 Å². The van der Waals surface area contributed by atoms with Crippen LogP contribution in [0.1, 0.15) is 34.1 Å². The van der Waals surface area contributed by atoms with Gasteiger partial charge < -0.3 is 14.4 Å². The molecular weight excluding hydrogens is 330 g/mol. The number of rotatable bonds is 3. The van der Waals surface area contributed by atoms with Gasteiger partial charge in [0.2, 0.25) is 0 Å². The molecule has 0 N–H and O–H groups in total. The first-order valence-electron chi connectivity index (χ1n) is 8.95. The van der Waals surface area contributed by atoms with Gasteiger partial charge in [-0.15, -0.1) is 0 Å². The van der Waals surface area contributed by atoms with Gasteiger partial charge >= 0.3 is 0 Å². The van der Waals surface area contributed by atoms with Crippen LogP contribution in [0.25, 0.3) is 0 Å². The molecule has 2 bridgehead atoms. The highest BCUT2D eigenvalue weighted by atomic mass is 16.2. The topological polar surface area (TPSA) is 71.3 Å². The Morgan fingerprint density at radius 3 is 2.81 bits per heavy atom. The lowest BCUT2D eigenvalue weighted by molar-refractivity contribution is 0.0588. The lowest BCUT2D eigenvalue weighted by Crippen LogP contribution is -2.49. The van der Waals surface area contributed by atoms with Crippen molar-refractivity contribution in [1.82, 2.24) is 24.3 Å². The van der Waals surface area contributed by atoms with Gasteiger partial charge in [0.1, 0.15) is 5.69 Å². The molecule has 0 radical (unpaired) electrons. The SMILES string of the molecule is CN(C)Cc1ccc2n(c1=O)C[C@H]1C[C@@H]2CN(C(=O)c2cnccn2)C1. The maximum Gasteiger partial charge on any atom is 0.274 e. The van der Waals surface area contributed by atoms with Crippen molar-refractivity contribution in [3.05, 3.63) is 58.0 Å². The maximum atomic E-state index is 12.9. The zero-order valence-corrected chi connectivity index (χ0v) is 15.1. The van der Waals surface area contributed by atoms with E-state index < -0.39 is 0 Å². The molecule has 0 unspecified atom stereocenters. The number of likely N-dealkylation sites (tertiary alicyclic amines) is 1. The molecule has 2 atom stereocenters. The van der Waals surface area contributed by atoms with Crippen LogP contribution in [0.4, 0.5) is 0 Å². The Labute approximate surface area is 152 Å². The number of carbonyl (C=O) groups is 1. The molecule has 136 valence electrons. The van der Waals surface area contributed by atoms with Crippen molar-refractivity contribution < 1.29 is 4.79 Å². The predicted octanol–water partition coefficient (Wildman–Crippen LogP) is 0.959. The molecule has 4 rings (SSSR count). The molecule has 1 saturated heterocycles. The molecule has 26 heavy (non-hydrogen) atoms. The lowest BCUT2D eigenvalue weighted by Gasteiger charge is -2.42. The van der Waals surface area contributed by atoms with E-state index in [1.165, 1.54) is 6.20 Å². The fourth-order valence-corrected chi connectivity index (χ4v) is 4.19. The van der Waals surface area contributed by atoms with E-state index in [-0.39, 0.29) is 17.4 Å². The highest BCUT2D eigenvalue weighted by Gasteiger charge is 2.37. The van der Waals surface area contributed by atoms with E-state index in [0.29, 0.717) is 37.8 Å². The summed E-state index contributed by atoms with van der Waals surface area (Å²) in [5.41, 5.74) is 2.36. The molecule has 7 nitrogen and oxygen atoms in total. The highest BCUT2D eigenvalue weighted by molar-refractivity contribution is 5.92. The van der Waals surface area contributed by atoms with Gasteiger partial charge in [0.25, 0.3) is 11.5 Å². The van der Waals surface area contributed by atoms with Gasteiger partial charge in [-0.05, 0) is 32.5 Å². The van der Waals surface area contributed by atoms with Crippen LogP contribution in [-0.2, 0) is 13.1 Å². The number of carbonyl (C=O) groups excluding carboxylic acids is 1. The average molecular weight is 353 g/mol. The van der Waals surface area contributed by atoms with Crippen molar-refractivity contribution in [3.8, 4) is 0 Å². The van der Waals surface area contributed by atoms with Crippen LogP contribution < -0.4 is 5.56 Å². The second-order valence-corrected chi connectivity index (χ2v) is 7.54. The van der Waals surface area contributed by atoms with E-state index in [0.717, 1.165) is 17.7 Å². The van der Waals surface area contributed by atoms with Crippen LogP contribution in [0.15, 0.2) is 35.5 Å². The molecule has 4 heterocycles. The van der Waals surface area contributed by atoms with Gasteiger partial charge in [-0.2, -0.15) is 0 Å². The Hall–Kier alpha value is -2.54. The minimum absolute atomic E-state index is 0.0761. The summed E-state index contributed by atoms with van der Waals surface area (Å²) >= 11 is 0. The summed E-state index contributed by atoms with van der Waals surface area (Å²) in [4.78, 5) is 37.6. The van der Waals surface area contributed by atoms with E-state index >= 15 is 0 Å². The molecule has 2 aromatic heterocycles. The fourth-order valence-electron chi connectivity index (χ4n) is 4.19. The van der Waals surface area contributed by atoms with E-state index in [9.17, 15) is 9.59 Å². The van der Waals surface area contributed by atoms with Gasteiger partial charge in [-0.1, -0.05) is 6.07 Å². The first kappa shape index (κ1) is 16.9. The number of piperidine rings is 1. The van der Waals surface area contributed by atoms with E-state index in [1.807, 2.05) is 34.5 Å². The first-order chi connectivity index (χ1) is 12.5. The zero-order chi connectivity index (χ0) is 18.3. The van der Waals surface area contributed by atoms with Crippen LogP contribution in [0.3, 0.4) is 0 Å². The summed E-state index contributed by atoms with van der Waals surface area (Å²) < 4.78 is 1.93. The third kappa shape index (κ3) is 3.03. The number of amides is 1. The number of nitrogens with zero attached hydrogens (tertiary/aromatic N) is 5. The van der Waals surface area contributed by atoms with Crippen molar-refractivity contribution in [1.29, 1.82) is 0 Å². The summed E-state index contributed by atoms with van der Waals surface area (Å²) in [6, 6.07) is 4.01. The first-order valence-corrected chi connectivity index (χ1v) is 8.95. The maximum absolute atomic E-state index is 12.9. The Kier molecular flexibility index (Phi) is 4.32. The van der Waals surface area contributed by atoms with Crippen LogP contribution in [0.5, 0.6) is 0 Å². The van der Waals surface area contributed by atoms with E-state index in [2.05, 4.69) is 16.0 Å². The molecule has 1 fully saturated rings. The molecule has 2 aliphatic heterocycles. The van der Waals surface area contributed by atoms with Crippen LogP contribution in [0.2, 0.25) is 0 Å². The largest absolute Gasteiger partial charge is 0.336 e. The quantitative estimate of drug-likeness (QED) is 0.822. The molecule has 0 spiro atoms. The smallest absolute Gasteiger partial charge is 0.274 e. The van der Waals surface area contributed by atoms with Gasteiger partial charge in [-0.25, -0.2) is 4.98 Å². The molecule has 0 aromatic carbocycles. The summed E-state index contributed by atoms with van der Waals surface area (Å²) in [6.07, 6.45) is 5.64. The molecular formula is C19H23N5O2. The standard InChI is InChI=1S/C19H23N5O2/c1-22(2)11-14-3-4-17-15-7-13(10-24(17)18(14)25)9-23(12-15)19(26)16-8-20-5-6-21-16/h3-6,8,13,15H,7,9-12H2,1-2H3/t13-,15+/m0/s1. The Balaban J connectivity index is 1.61. The third-order valence-corrected chi connectivity index (χ3v) is 5.24. The van der Waals surface area contributed by atoms with Gasteiger partial charge in [-0.3, -0.25) is 14.6 Å². The average Bonchev–Trinajstić information content (AvgIpc) is 2.64. The van der Waals surface area contributed by atoms with Crippen molar-refractivity contribution >= 4 is 5.91 Å². The number of hydrogen-bond donors (Lipinski definition) is 0. The molecule has 7 heteroatoms. The van der Waals surface area contributed by atoms with E-state index in [1.54, 1.807) is 12.4 Å². The van der Waals surface area contributed by atoms with Gasteiger partial charge in [0.05, 0.1) is 6.20 Å². The third-order valence-electron chi connectivity index (χ3n) is 5.24. The fraction of sp³-hybridized carbons (Fsp3) is 0.474. The summed E-state index contributed by atoms with van der Waals surface area (Å²) in [5.74, 6) is 0.422. The van der Waals surface area contributed by atoms with Gasteiger partial charge in [0, 0.05) is 55.7 Å². The zero-order valence-electron chi connectivity index (χ0n) is 15.1.